The summed E-state index contributed by atoms with van der Waals surface area (Å²) in [6, 6.07) is 6.62. The average Bonchev–Trinajstić information content (AvgIpc) is 2.29. The number of ether oxygens (including phenoxy) is 1. The van der Waals surface area contributed by atoms with E-state index in [-0.39, 0.29) is 11.7 Å². The fourth-order valence-electron chi connectivity index (χ4n) is 1.37. The van der Waals surface area contributed by atoms with Crippen molar-refractivity contribution in [3.63, 3.8) is 0 Å². The lowest BCUT2D eigenvalue weighted by molar-refractivity contribution is -0.127. The van der Waals surface area contributed by atoms with Gasteiger partial charge in [0.15, 0.2) is 0 Å². The number of hydrogen-bond donors (Lipinski definition) is 2. The van der Waals surface area contributed by atoms with E-state index in [0.717, 1.165) is 0 Å². The molecular formula is C12H17NO3. The highest BCUT2D eigenvalue weighted by Gasteiger charge is 2.17. The van der Waals surface area contributed by atoms with Crippen molar-refractivity contribution in [3.05, 3.63) is 24.3 Å². The van der Waals surface area contributed by atoms with Gasteiger partial charge >= 0.3 is 0 Å². The van der Waals surface area contributed by atoms with Gasteiger partial charge in [-0.2, -0.15) is 0 Å². The smallest absolute Gasteiger partial charge is 0.253 e. The van der Waals surface area contributed by atoms with Crippen LogP contribution in [0.1, 0.15) is 20.3 Å². The number of amides is 1. The molecule has 0 heterocycles. The van der Waals surface area contributed by atoms with E-state index in [0.29, 0.717) is 18.7 Å². The van der Waals surface area contributed by atoms with Gasteiger partial charge in [0, 0.05) is 6.61 Å². The van der Waals surface area contributed by atoms with E-state index >= 15 is 0 Å². The SMILES string of the molecule is CCOC(CC)C(=O)Nc1ccccc1O. The van der Waals surface area contributed by atoms with Gasteiger partial charge in [0.25, 0.3) is 5.91 Å². The molecule has 0 saturated carbocycles. The topological polar surface area (TPSA) is 58.6 Å². The number of rotatable bonds is 5. The first-order valence-corrected chi connectivity index (χ1v) is 5.39. The first-order chi connectivity index (χ1) is 7.69. The third-order valence-corrected chi connectivity index (χ3v) is 2.19. The molecule has 0 saturated heterocycles. The Morgan fingerprint density at radius 2 is 2.12 bits per heavy atom. The molecule has 0 radical (unpaired) electrons. The van der Waals surface area contributed by atoms with Gasteiger partial charge in [-0.3, -0.25) is 4.79 Å². The van der Waals surface area contributed by atoms with Crippen molar-refractivity contribution in [1.82, 2.24) is 0 Å². The molecule has 1 atom stereocenters. The number of phenolic OH excluding ortho intramolecular Hbond substituents is 1. The van der Waals surface area contributed by atoms with E-state index in [9.17, 15) is 9.90 Å². The van der Waals surface area contributed by atoms with E-state index in [4.69, 9.17) is 4.74 Å². The minimum absolute atomic E-state index is 0.0576. The molecule has 16 heavy (non-hydrogen) atoms. The number of hydrogen-bond acceptors (Lipinski definition) is 3. The Bertz CT molecular complexity index is 352. The van der Waals surface area contributed by atoms with Gasteiger partial charge in [-0.15, -0.1) is 0 Å². The second-order valence-electron chi connectivity index (χ2n) is 3.36. The van der Waals surface area contributed by atoms with Crippen LogP contribution in [0, 0.1) is 0 Å². The molecule has 0 aliphatic rings. The van der Waals surface area contributed by atoms with E-state index in [1.807, 2.05) is 13.8 Å². The maximum atomic E-state index is 11.7. The number of carbonyl (C=O) groups excluding carboxylic acids is 1. The molecule has 88 valence electrons. The van der Waals surface area contributed by atoms with E-state index < -0.39 is 6.10 Å². The van der Waals surface area contributed by atoms with Gasteiger partial charge < -0.3 is 15.2 Å². The highest BCUT2D eigenvalue weighted by Crippen LogP contribution is 2.21. The van der Waals surface area contributed by atoms with Crippen LogP contribution in [0.5, 0.6) is 5.75 Å². The van der Waals surface area contributed by atoms with E-state index in [1.54, 1.807) is 18.2 Å². The van der Waals surface area contributed by atoms with Crippen molar-refractivity contribution in [2.45, 2.75) is 26.4 Å². The van der Waals surface area contributed by atoms with Crippen molar-refractivity contribution in [2.75, 3.05) is 11.9 Å². The molecule has 1 aromatic carbocycles. The second-order valence-corrected chi connectivity index (χ2v) is 3.36. The summed E-state index contributed by atoms with van der Waals surface area (Å²) in [7, 11) is 0. The molecule has 0 spiro atoms. The zero-order chi connectivity index (χ0) is 12.0. The maximum Gasteiger partial charge on any atom is 0.253 e. The second kappa shape index (κ2) is 6.12. The number of nitrogens with one attached hydrogen (secondary N) is 1. The highest BCUT2D eigenvalue weighted by atomic mass is 16.5. The molecule has 0 aliphatic heterocycles. The Morgan fingerprint density at radius 1 is 1.44 bits per heavy atom. The lowest BCUT2D eigenvalue weighted by Gasteiger charge is -2.15. The normalized spacial score (nSPS) is 12.1. The largest absolute Gasteiger partial charge is 0.506 e. The standard InChI is InChI=1S/C12H17NO3/c1-3-11(16-4-2)12(15)13-9-7-5-6-8-10(9)14/h5-8,11,14H,3-4H2,1-2H3,(H,13,15). The van der Waals surface area contributed by atoms with Crippen molar-refractivity contribution in [2.24, 2.45) is 0 Å². The summed E-state index contributed by atoms with van der Waals surface area (Å²) in [6.45, 7) is 4.22. The van der Waals surface area contributed by atoms with Crippen LogP contribution >= 0.6 is 0 Å². The van der Waals surface area contributed by atoms with Crippen molar-refractivity contribution in [1.29, 1.82) is 0 Å². The minimum Gasteiger partial charge on any atom is -0.506 e. The highest BCUT2D eigenvalue weighted by molar-refractivity contribution is 5.95. The molecule has 1 unspecified atom stereocenters. The fourth-order valence-corrected chi connectivity index (χ4v) is 1.37. The van der Waals surface area contributed by atoms with Crippen LogP contribution in [-0.2, 0) is 9.53 Å². The van der Waals surface area contributed by atoms with Crippen LogP contribution < -0.4 is 5.32 Å². The third kappa shape index (κ3) is 3.24. The number of para-hydroxylation sites is 2. The molecule has 1 rings (SSSR count). The van der Waals surface area contributed by atoms with Gasteiger partial charge in [-0.05, 0) is 25.5 Å². The van der Waals surface area contributed by atoms with Crippen molar-refractivity contribution in [3.8, 4) is 5.75 Å². The van der Waals surface area contributed by atoms with Crippen LogP contribution in [-0.4, -0.2) is 23.7 Å². The Balaban J connectivity index is 2.66. The number of anilines is 1. The minimum atomic E-state index is -0.468. The van der Waals surface area contributed by atoms with Crippen LogP contribution in [0.25, 0.3) is 0 Å². The van der Waals surface area contributed by atoms with Crippen LogP contribution in [0.3, 0.4) is 0 Å². The van der Waals surface area contributed by atoms with Gasteiger partial charge in [0.05, 0.1) is 5.69 Å². The number of benzene rings is 1. The lowest BCUT2D eigenvalue weighted by Crippen LogP contribution is -2.29. The summed E-state index contributed by atoms with van der Waals surface area (Å²) in [5.41, 5.74) is 0.408. The number of phenols is 1. The molecular weight excluding hydrogens is 206 g/mol. The number of aromatic hydroxyl groups is 1. The first kappa shape index (κ1) is 12.5. The third-order valence-electron chi connectivity index (χ3n) is 2.19. The molecule has 4 nitrogen and oxygen atoms in total. The van der Waals surface area contributed by atoms with Gasteiger partial charge in [0.1, 0.15) is 11.9 Å². The molecule has 2 N–H and O–H groups in total. The summed E-state index contributed by atoms with van der Waals surface area (Å²) in [5.74, 6) is -0.173. The lowest BCUT2D eigenvalue weighted by atomic mass is 10.2. The summed E-state index contributed by atoms with van der Waals surface area (Å²) >= 11 is 0. The van der Waals surface area contributed by atoms with Crippen molar-refractivity contribution < 1.29 is 14.6 Å². The molecule has 4 heteroatoms. The van der Waals surface area contributed by atoms with Crippen molar-refractivity contribution >= 4 is 11.6 Å². The maximum absolute atomic E-state index is 11.7. The molecule has 1 aromatic rings. The van der Waals surface area contributed by atoms with Crippen LogP contribution in [0.2, 0.25) is 0 Å². The Labute approximate surface area is 95.2 Å². The first-order valence-electron chi connectivity index (χ1n) is 5.39. The molecule has 1 amide bonds. The summed E-state index contributed by atoms with van der Waals surface area (Å²) in [5, 5.41) is 12.1. The van der Waals surface area contributed by atoms with Gasteiger partial charge in [0.2, 0.25) is 0 Å². The molecule has 0 fully saturated rings. The Hall–Kier alpha value is -1.55. The molecule has 0 bridgehead atoms. The zero-order valence-corrected chi connectivity index (χ0v) is 9.56. The predicted molar refractivity (Wildman–Crippen MR) is 62.4 cm³/mol. The zero-order valence-electron chi connectivity index (χ0n) is 9.56. The summed E-state index contributed by atoms with van der Waals surface area (Å²) in [6.07, 6.45) is 0.136. The Morgan fingerprint density at radius 3 is 2.69 bits per heavy atom. The molecule has 0 aliphatic carbocycles. The summed E-state index contributed by atoms with van der Waals surface area (Å²) < 4.78 is 5.27. The predicted octanol–water partition coefficient (Wildman–Crippen LogP) is 2.15. The quantitative estimate of drug-likeness (QED) is 0.752. The Kier molecular flexibility index (Phi) is 4.79. The average molecular weight is 223 g/mol. The van der Waals surface area contributed by atoms with Gasteiger partial charge in [-0.25, -0.2) is 0 Å². The molecule has 0 aromatic heterocycles. The monoisotopic (exact) mass is 223 g/mol. The number of carbonyl (C=O) groups is 1. The van der Waals surface area contributed by atoms with E-state index in [2.05, 4.69) is 5.32 Å². The van der Waals surface area contributed by atoms with Crippen LogP contribution in [0.4, 0.5) is 5.69 Å². The summed E-state index contributed by atoms with van der Waals surface area (Å²) in [4.78, 5) is 11.7. The van der Waals surface area contributed by atoms with E-state index in [1.165, 1.54) is 6.07 Å². The fraction of sp³-hybridized carbons (Fsp3) is 0.417. The van der Waals surface area contributed by atoms with Gasteiger partial charge in [-0.1, -0.05) is 19.1 Å². The van der Waals surface area contributed by atoms with Crippen LogP contribution in [0.15, 0.2) is 24.3 Å².